The molecule has 0 aliphatic carbocycles. The van der Waals surface area contributed by atoms with Crippen molar-refractivity contribution in [3.63, 3.8) is 0 Å². The first kappa shape index (κ1) is 7.06. The van der Waals surface area contributed by atoms with E-state index in [1.54, 1.807) is 0 Å². The summed E-state index contributed by atoms with van der Waals surface area (Å²) in [7, 11) is -2.14. The molecule has 2 atom stereocenters. The van der Waals surface area contributed by atoms with Gasteiger partial charge in [-0.1, -0.05) is 13.8 Å². The largest absolute Gasteiger partial charge is 0.253 e. The molecule has 0 aromatic carbocycles. The van der Waals surface area contributed by atoms with E-state index in [1.807, 2.05) is 0 Å². The molecule has 1 heterocycles. The molecule has 1 N–H and O–H groups in total. The van der Waals surface area contributed by atoms with Crippen LogP contribution in [-0.4, -0.2) is 15.7 Å². The van der Waals surface area contributed by atoms with Crippen molar-refractivity contribution in [1.82, 2.24) is 0 Å². The van der Waals surface area contributed by atoms with Crippen molar-refractivity contribution in [3.8, 4) is 0 Å². The molecule has 2 nitrogen and oxygen atoms in total. The number of hydrogen-bond donors (Lipinski definition) is 1. The Morgan fingerprint density at radius 2 is 1.67 bits per heavy atom. The molecule has 0 amide bonds. The lowest BCUT2D eigenvalue weighted by Crippen LogP contribution is -2.01. The molecular weight excluding hydrogens is 134 g/mol. The highest BCUT2D eigenvalue weighted by molar-refractivity contribution is 7.92. The zero-order valence-corrected chi connectivity index (χ0v) is 6.70. The van der Waals surface area contributed by atoms with Crippen LogP contribution in [0.2, 0.25) is 0 Å². The third kappa shape index (κ3) is 1.45. The quantitative estimate of drug-likeness (QED) is 0.551. The van der Waals surface area contributed by atoms with E-state index in [0.717, 1.165) is 0 Å². The Morgan fingerprint density at radius 1 is 1.33 bits per heavy atom. The Balaban J connectivity index is 2.77. The van der Waals surface area contributed by atoms with E-state index in [1.165, 1.54) is 0 Å². The van der Waals surface area contributed by atoms with E-state index in [4.69, 9.17) is 4.78 Å². The summed E-state index contributed by atoms with van der Waals surface area (Å²) in [6.07, 6.45) is 0. The van der Waals surface area contributed by atoms with Crippen molar-refractivity contribution in [1.29, 1.82) is 4.78 Å². The fourth-order valence-corrected chi connectivity index (χ4v) is 3.74. The predicted molar refractivity (Wildman–Crippen MR) is 38.9 cm³/mol. The van der Waals surface area contributed by atoms with Gasteiger partial charge < -0.3 is 0 Å². The summed E-state index contributed by atoms with van der Waals surface area (Å²) in [4.78, 5) is 0. The number of nitrogens with one attached hydrogen (secondary N) is 1. The zero-order chi connectivity index (χ0) is 7.07. The van der Waals surface area contributed by atoms with Crippen molar-refractivity contribution >= 4 is 9.73 Å². The van der Waals surface area contributed by atoms with Gasteiger partial charge in [-0.2, -0.15) is 0 Å². The molecule has 1 saturated heterocycles. The van der Waals surface area contributed by atoms with Crippen LogP contribution in [0.1, 0.15) is 13.8 Å². The average molecular weight is 147 g/mol. The highest BCUT2D eigenvalue weighted by Crippen LogP contribution is 2.24. The van der Waals surface area contributed by atoms with Gasteiger partial charge in [-0.3, -0.25) is 4.78 Å². The summed E-state index contributed by atoms with van der Waals surface area (Å²) in [5.74, 6) is 2.23. The van der Waals surface area contributed by atoms with Crippen LogP contribution in [0.5, 0.6) is 0 Å². The van der Waals surface area contributed by atoms with Gasteiger partial charge in [-0.15, -0.1) is 0 Å². The smallest absolute Gasteiger partial charge is 0.0446 e. The van der Waals surface area contributed by atoms with Gasteiger partial charge >= 0.3 is 0 Å². The SMILES string of the molecule is CC1CS(=N)(=O)CC1C. The van der Waals surface area contributed by atoms with Gasteiger partial charge in [0, 0.05) is 21.2 Å². The third-order valence-electron chi connectivity index (χ3n) is 2.04. The van der Waals surface area contributed by atoms with E-state index in [9.17, 15) is 4.21 Å². The fourth-order valence-electron chi connectivity index (χ4n) is 1.25. The topological polar surface area (TPSA) is 40.9 Å². The second-order valence-corrected chi connectivity index (χ2v) is 5.39. The minimum absolute atomic E-state index is 0.495. The Labute approximate surface area is 56.6 Å². The highest BCUT2D eigenvalue weighted by Gasteiger charge is 2.28. The van der Waals surface area contributed by atoms with Gasteiger partial charge in [0.15, 0.2) is 0 Å². The molecule has 54 valence electrons. The van der Waals surface area contributed by atoms with E-state index < -0.39 is 9.73 Å². The summed E-state index contributed by atoms with van der Waals surface area (Å²) in [6, 6.07) is 0. The van der Waals surface area contributed by atoms with Crippen LogP contribution in [0.4, 0.5) is 0 Å². The molecule has 0 bridgehead atoms. The fraction of sp³-hybridized carbons (Fsp3) is 1.00. The average Bonchev–Trinajstić information content (AvgIpc) is 1.79. The van der Waals surface area contributed by atoms with E-state index in [2.05, 4.69) is 13.8 Å². The Bertz CT molecular complexity index is 179. The molecule has 2 unspecified atom stereocenters. The van der Waals surface area contributed by atoms with E-state index >= 15 is 0 Å². The lowest BCUT2D eigenvalue weighted by molar-refractivity contribution is 0.494. The molecule has 1 aliphatic rings. The minimum Gasteiger partial charge on any atom is -0.253 e. The van der Waals surface area contributed by atoms with Crippen molar-refractivity contribution < 1.29 is 4.21 Å². The predicted octanol–water partition coefficient (Wildman–Crippen LogP) is 1.32. The molecule has 1 fully saturated rings. The first-order chi connectivity index (χ1) is 4.01. The van der Waals surface area contributed by atoms with Crippen LogP contribution in [0.25, 0.3) is 0 Å². The monoisotopic (exact) mass is 147 g/mol. The number of hydrogen-bond acceptors (Lipinski definition) is 2. The molecule has 0 saturated carbocycles. The lowest BCUT2D eigenvalue weighted by Gasteiger charge is -2.02. The van der Waals surface area contributed by atoms with Crippen molar-refractivity contribution in [3.05, 3.63) is 0 Å². The maximum Gasteiger partial charge on any atom is 0.0446 e. The normalized spacial score (nSPS) is 51.8. The van der Waals surface area contributed by atoms with Crippen LogP contribution in [0.15, 0.2) is 0 Å². The van der Waals surface area contributed by atoms with Gasteiger partial charge in [0.2, 0.25) is 0 Å². The molecule has 9 heavy (non-hydrogen) atoms. The zero-order valence-electron chi connectivity index (χ0n) is 5.89. The maximum atomic E-state index is 11.1. The van der Waals surface area contributed by atoms with E-state index in [0.29, 0.717) is 23.3 Å². The van der Waals surface area contributed by atoms with Gasteiger partial charge in [0.05, 0.1) is 0 Å². The molecule has 1 rings (SSSR count). The van der Waals surface area contributed by atoms with E-state index in [-0.39, 0.29) is 0 Å². The first-order valence-electron chi connectivity index (χ1n) is 3.25. The Kier molecular flexibility index (Phi) is 1.55. The van der Waals surface area contributed by atoms with Gasteiger partial charge in [-0.25, -0.2) is 4.21 Å². The molecular formula is C6H13NOS. The van der Waals surface area contributed by atoms with Crippen LogP contribution >= 0.6 is 0 Å². The molecule has 0 spiro atoms. The highest BCUT2D eigenvalue weighted by atomic mass is 32.2. The first-order valence-corrected chi connectivity index (χ1v) is 5.15. The Hall–Kier alpha value is -0.0500. The minimum atomic E-state index is -2.14. The summed E-state index contributed by atoms with van der Waals surface area (Å²) in [5, 5.41) is 0. The maximum absolute atomic E-state index is 11.1. The molecule has 0 aromatic rings. The van der Waals surface area contributed by atoms with Gasteiger partial charge in [-0.05, 0) is 11.8 Å². The molecule has 1 aliphatic heterocycles. The van der Waals surface area contributed by atoms with Gasteiger partial charge in [0.25, 0.3) is 0 Å². The van der Waals surface area contributed by atoms with Crippen molar-refractivity contribution in [2.75, 3.05) is 11.5 Å². The van der Waals surface area contributed by atoms with Crippen molar-refractivity contribution in [2.24, 2.45) is 11.8 Å². The molecule has 0 aromatic heterocycles. The van der Waals surface area contributed by atoms with Crippen LogP contribution in [0, 0.1) is 16.6 Å². The summed E-state index contributed by atoms with van der Waals surface area (Å²) in [6.45, 7) is 4.15. The lowest BCUT2D eigenvalue weighted by atomic mass is 10.0. The standard InChI is InChI=1S/C6H13NOS/c1-5-3-9(7,8)4-6(5)2/h5-7H,3-4H2,1-2H3. The van der Waals surface area contributed by atoms with Crippen LogP contribution in [0.3, 0.4) is 0 Å². The second kappa shape index (κ2) is 1.97. The molecule has 0 radical (unpaired) electrons. The summed E-state index contributed by atoms with van der Waals surface area (Å²) >= 11 is 0. The number of rotatable bonds is 0. The third-order valence-corrected chi connectivity index (χ3v) is 4.16. The van der Waals surface area contributed by atoms with Crippen molar-refractivity contribution in [2.45, 2.75) is 13.8 Å². The second-order valence-electron chi connectivity index (χ2n) is 3.10. The van der Waals surface area contributed by atoms with Crippen LogP contribution in [-0.2, 0) is 9.73 Å². The molecule has 3 heteroatoms. The summed E-state index contributed by atoms with van der Waals surface area (Å²) < 4.78 is 18.3. The van der Waals surface area contributed by atoms with Gasteiger partial charge in [0.1, 0.15) is 0 Å². The van der Waals surface area contributed by atoms with Crippen LogP contribution < -0.4 is 0 Å². The Morgan fingerprint density at radius 3 is 1.78 bits per heavy atom. The summed E-state index contributed by atoms with van der Waals surface area (Å²) in [5.41, 5.74) is 0.